The van der Waals surface area contributed by atoms with Crippen LogP contribution in [0.5, 0.6) is 23.0 Å². The van der Waals surface area contributed by atoms with E-state index >= 15 is 0 Å². The molecular weight excluding hydrogens is 924 g/mol. The molecule has 2 atom stereocenters. The van der Waals surface area contributed by atoms with Gasteiger partial charge >= 0.3 is 23.9 Å². The maximum Gasteiger partial charge on any atom is 0.338 e. The molecule has 0 aliphatic carbocycles. The van der Waals surface area contributed by atoms with Gasteiger partial charge in [-0.25, -0.2) is 9.59 Å². The fourth-order valence-electron chi connectivity index (χ4n) is 7.54. The number of benzene rings is 6. The van der Waals surface area contributed by atoms with E-state index in [2.05, 4.69) is 15.9 Å². The van der Waals surface area contributed by atoms with E-state index in [1.807, 2.05) is 108 Å². The molecule has 2 aliphatic rings. The number of fused-ring (bicyclic) bond motifs is 4. The SMILES string of the molecule is Cn1cc(C(C(=O)O)c2ccc3c(c2)OCO3)c2ccc(C(=O)OCc3ccccc3)cc21.Cn1ccc2ccc(C(=O)OCc3ccccc3)cc21.O=C(O)C(Br)c1ccc2c(c1)OCO2. The van der Waals surface area contributed by atoms with Crippen molar-refractivity contribution in [3.63, 3.8) is 0 Å². The van der Waals surface area contributed by atoms with Crippen LogP contribution in [0, 0.1) is 0 Å². The molecule has 2 aliphatic heterocycles. The minimum atomic E-state index is -0.979. The zero-order chi connectivity index (χ0) is 47.0. The molecule has 340 valence electrons. The van der Waals surface area contributed by atoms with Crippen molar-refractivity contribution in [2.45, 2.75) is 24.0 Å². The predicted molar refractivity (Wildman–Crippen MR) is 251 cm³/mol. The first-order valence-corrected chi connectivity index (χ1v) is 21.8. The number of nitrogens with zero attached hydrogens (tertiary/aromatic N) is 2. The summed E-state index contributed by atoms with van der Waals surface area (Å²) in [6, 6.07) is 42.1. The molecule has 2 unspecified atom stereocenters. The monoisotopic (exact) mass is 966 g/mol. The van der Waals surface area contributed by atoms with Crippen molar-refractivity contribution in [1.29, 1.82) is 0 Å². The fourth-order valence-corrected chi connectivity index (χ4v) is 7.82. The molecule has 2 aromatic heterocycles. The molecule has 0 saturated heterocycles. The smallest absolute Gasteiger partial charge is 0.338 e. The van der Waals surface area contributed by atoms with E-state index in [1.165, 1.54) is 0 Å². The number of carboxylic acids is 2. The molecule has 2 N–H and O–H groups in total. The van der Waals surface area contributed by atoms with Crippen molar-refractivity contribution in [2.75, 3.05) is 13.6 Å². The van der Waals surface area contributed by atoms with Crippen LogP contribution in [0.25, 0.3) is 21.8 Å². The van der Waals surface area contributed by atoms with Crippen LogP contribution in [-0.4, -0.2) is 56.8 Å². The molecule has 0 bridgehead atoms. The standard InChI is InChI=1S/C26H21NO6.C17H15NO2.C9H7BrO4/c1-27-13-20(24(25(28)29)17-8-10-22-23(12-17)33-15-32-22)19-9-7-18(11-21(19)27)26(30)31-14-16-5-3-2-4-6-16;1-18-10-9-14-7-8-15(11-16(14)18)17(19)20-12-13-5-3-2-4-6-13;10-8(9(11)12)5-1-2-6-7(3-5)14-4-13-6/h2-13,24H,14-15H2,1H3,(H,28,29);2-11H,12H2,1H3;1-3,8H,4H2,(H,11,12). The lowest BCUT2D eigenvalue weighted by atomic mass is 9.90. The van der Waals surface area contributed by atoms with Crippen LogP contribution in [-0.2, 0) is 46.4 Å². The number of carbonyl (C=O) groups excluding carboxylic acids is 2. The molecular formula is C52H43BrN2O12. The van der Waals surface area contributed by atoms with E-state index in [1.54, 1.807) is 66.9 Å². The number of carbonyl (C=O) groups is 4. The molecule has 8 aromatic rings. The molecule has 0 amide bonds. The summed E-state index contributed by atoms with van der Waals surface area (Å²) in [4.78, 5) is 46.9. The quantitative estimate of drug-likeness (QED) is 0.0929. The maximum atomic E-state index is 12.6. The zero-order valence-corrected chi connectivity index (χ0v) is 37.8. The van der Waals surface area contributed by atoms with Gasteiger partial charge in [0.2, 0.25) is 13.6 Å². The van der Waals surface area contributed by atoms with Crippen LogP contribution >= 0.6 is 15.9 Å². The van der Waals surface area contributed by atoms with Crippen molar-refractivity contribution in [2.24, 2.45) is 14.1 Å². The van der Waals surface area contributed by atoms with Crippen molar-refractivity contribution in [3.8, 4) is 23.0 Å². The number of aryl methyl sites for hydroxylation is 2. The Labute approximate surface area is 392 Å². The molecule has 15 heteroatoms. The van der Waals surface area contributed by atoms with Gasteiger partial charge < -0.3 is 47.8 Å². The molecule has 0 saturated carbocycles. The van der Waals surface area contributed by atoms with Gasteiger partial charge in [0.1, 0.15) is 24.0 Å². The number of aliphatic carboxylic acids is 2. The third-order valence-electron chi connectivity index (χ3n) is 11.0. The Hall–Kier alpha value is -8.04. The number of aromatic nitrogens is 2. The zero-order valence-electron chi connectivity index (χ0n) is 36.2. The highest BCUT2D eigenvalue weighted by atomic mass is 79.9. The van der Waals surface area contributed by atoms with E-state index in [0.29, 0.717) is 57.4 Å². The number of hydrogen-bond donors (Lipinski definition) is 2. The highest BCUT2D eigenvalue weighted by Crippen LogP contribution is 2.39. The van der Waals surface area contributed by atoms with Crippen LogP contribution in [0.4, 0.5) is 0 Å². The van der Waals surface area contributed by atoms with Gasteiger partial charge in [0.25, 0.3) is 0 Å². The molecule has 14 nitrogen and oxygen atoms in total. The highest BCUT2D eigenvalue weighted by Gasteiger charge is 2.28. The Morgan fingerprint density at radius 3 is 1.67 bits per heavy atom. The van der Waals surface area contributed by atoms with E-state index in [-0.39, 0.29) is 26.2 Å². The number of hydrogen-bond acceptors (Lipinski definition) is 10. The fraction of sp³-hybridized carbons (Fsp3) is 0.154. The van der Waals surface area contributed by atoms with Crippen LogP contribution in [0.15, 0.2) is 152 Å². The molecule has 67 heavy (non-hydrogen) atoms. The summed E-state index contributed by atoms with van der Waals surface area (Å²) < 4.78 is 35.6. The highest BCUT2D eigenvalue weighted by molar-refractivity contribution is 9.09. The summed E-state index contributed by atoms with van der Waals surface area (Å²) in [5.74, 6) is -1.17. The summed E-state index contributed by atoms with van der Waals surface area (Å²) in [6.45, 7) is 0.791. The van der Waals surface area contributed by atoms with Crippen molar-refractivity contribution < 1.29 is 57.8 Å². The summed E-state index contributed by atoms with van der Waals surface area (Å²) in [7, 11) is 3.78. The minimum Gasteiger partial charge on any atom is -0.481 e. The van der Waals surface area contributed by atoms with Crippen LogP contribution < -0.4 is 18.9 Å². The molecule has 4 heterocycles. The van der Waals surface area contributed by atoms with E-state index in [4.69, 9.17) is 33.5 Å². The van der Waals surface area contributed by atoms with Crippen molar-refractivity contribution in [1.82, 2.24) is 9.13 Å². The average molecular weight is 968 g/mol. The number of carboxylic acid groups (broad SMARTS) is 2. The second-order valence-electron chi connectivity index (χ2n) is 15.4. The van der Waals surface area contributed by atoms with Gasteiger partial charge in [0.15, 0.2) is 23.0 Å². The number of alkyl halides is 1. The number of halogens is 1. The van der Waals surface area contributed by atoms with Crippen LogP contribution in [0.3, 0.4) is 0 Å². The first kappa shape index (κ1) is 45.5. The summed E-state index contributed by atoms with van der Waals surface area (Å²) in [5.41, 5.74) is 6.50. The molecule has 0 spiro atoms. The van der Waals surface area contributed by atoms with Crippen molar-refractivity contribution >= 4 is 61.6 Å². The first-order valence-electron chi connectivity index (χ1n) is 20.9. The summed E-state index contributed by atoms with van der Waals surface area (Å²) >= 11 is 3.06. The lowest BCUT2D eigenvalue weighted by Gasteiger charge is -2.13. The van der Waals surface area contributed by atoms with Gasteiger partial charge in [0, 0.05) is 42.9 Å². The van der Waals surface area contributed by atoms with E-state index in [9.17, 15) is 24.3 Å². The molecule has 0 fully saturated rings. The lowest BCUT2D eigenvalue weighted by molar-refractivity contribution is -0.138. The van der Waals surface area contributed by atoms with Gasteiger partial charge in [-0.15, -0.1) is 0 Å². The van der Waals surface area contributed by atoms with Gasteiger partial charge in [0.05, 0.1) is 11.1 Å². The third kappa shape index (κ3) is 10.6. The summed E-state index contributed by atoms with van der Waals surface area (Å²) in [5, 5.41) is 20.7. The second kappa shape index (κ2) is 20.4. The normalized spacial score (nSPS) is 12.8. The summed E-state index contributed by atoms with van der Waals surface area (Å²) in [6.07, 6.45) is 3.76. The van der Waals surface area contributed by atoms with Gasteiger partial charge in [-0.05, 0) is 87.8 Å². The molecule has 6 aromatic carbocycles. The van der Waals surface area contributed by atoms with Gasteiger partial charge in [-0.2, -0.15) is 0 Å². The van der Waals surface area contributed by atoms with Crippen molar-refractivity contribution in [3.05, 3.63) is 191 Å². The predicted octanol–water partition coefficient (Wildman–Crippen LogP) is 9.95. The average Bonchev–Trinajstić information content (AvgIpc) is 4.17. The molecule has 10 rings (SSSR count). The largest absolute Gasteiger partial charge is 0.481 e. The Kier molecular flexibility index (Phi) is 13.9. The van der Waals surface area contributed by atoms with E-state index < -0.39 is 28.7 Å². The number of rotatable bonds is 11. The van der Waals surface area contributed by atoms with Crippen LogP contribution in [0.2, 0.25) is 0 Å². The van der Waals surface area contributed by atoms with Gasteiger partial charge in [-0.1, -0.05) is 101 Å². The second-order valence-corrected chi connectivity index (χ2v) is 16.4. The maximum absolute atomic E-state index is 12.6. The third-order valence-corrected chi connectivity index (χ3v) is 11.9. The lowest BCUT2D eigenvalue weighted by Crippen LogP contribution is -2.13. The van der Waals surface area contributed by atoms with Crippen LogP contribution in [0.1, 0.15) is 59.3 Å². The topological polar surface area (TPSA) is 174 Å². The van der Waals surface area contributed by atoms with Gasteiger partial charge in [-0.3, -0.25) is 9.59 Å². The Balaban J connectivity index is 0.000000151. The Morgan fingerprint density at radius 2 is 1.10 bits per heavy atom. The van der Waals surface area contributed by atoms with E-state index in [0.717, 1.165) is 32.9 Å². The number of esters is 2. The molecule has 0 radical (unpaired) electrons. The Morgan fingerprint density at radius 1 is 0.582 bits per heavy atom. The first-order chi connectivity index (χ1) is 32.4. The Bertz CT molecular complexity index is 3090. The number of ether oxygens (including phenoxy) is 6. The minimum absolute atomic E-state index is 0.119.